The fraction of sp³-hybridized carbons (Fsp3) is 0.727. The molecular formula is C22H34N4O. The first-order valence-corrected chi connectivity index (χ1v) is 10.9. The molecule has 0 saturated carbocycles. The molecule has 3 saturated heterocycles. The minimum absolute atomic E-state index is 0.144. The summed E-state index contributed by atoms with van der Waals surface area (Å²) in [4.78, 5) is 24.3. The quantitative estimate of drug-likeness (QED) is 0.816. The largest absolute Gasteiger partial charge is 0.357 e. The number of carbonyl (C=O) groups excluding carboxylic acids is 1. The molecule has 0 spiro atoms. The zero-order valence-corrected chi connectivity index (χ0v) is 16.8. The van der Waals surface area contributed by atoms with Gasteiger partial charge in [-0.3, -0.25) is 4.79 Å². The zero-order valence-electron chi connectivity index (χ0n) is 16.8. The number of anilines is 1. The summed E-state index contributed by atoms with van der Waals surface area (Å²) in [6.45, 7) is 10.1. The first-order valence-electron chi connectivity index (χ1n) is 10.9. The highest BCUT2D eigenvalue weighted by atomic mass is 16.2. The third-order valence-corrected chi connectivity index (χ3v) is 6.72. The van der Waals surface area contributed by atoms with Crippen molar-refractivity contribution in [3.8, 4) is 0 Å². The van der Waals surface area contributed by atoms with Crippen LogP contribution in [0.4, 0.5) is 5.82 Å². The standard InChI is InChI=1S/C22H34N4O/c1-18-6-12-26(13-7-18)22(27)20-4-5-21(23-16-20)25-14-8-19(9-15-25)17-24-10-2-3-11-24/h4-5,16,18-19H,2-3,6-15,17H2,1H3. The minimum Gasteiger partial charge on any atom is -0.357 e. The molecule has 1 aromatic heterocycles. The van der Waals surface area contributed by atoms with E-state index in [1.807, 2.05) is 17.0 Å². The van der Waals surface area contributed by atoms with E-state index in [0.717, 1.165) is 62.2 Å². The van der Waals surface area contributed by atoms with Crippen molar-refractivity contribution in [3.63, 3.8) is 0 Å². The van der Waals surface area contributed by atoms with Crippen molar-refractivity contribution in [1.29, 1.82) is 0 Å². The Balaban J connectivity index is 1.28. The van der Waals surface area contributed by atoms with Crippen LogP contribution in [0.3, 0.4) is 0 Å². The summed E-state index contributed by atoms with van der Waals surface area (Å²) in [5.41, 5.74) is 0.734. The maximum atomic E-state index is 12.7. The fourth-order valence-corrected chi connectivity index (χ4v) is 4.77. The Morgan fingerprint density at radius 2 is 1.70 bits per heavy atom. The molecule has 0 bridgehead atoms. The number of carbonyl (C=O) groups is 1. The maximum Gasteiger partial charge on any atom is 0.255 e. The highest BCUT2D eigenvalue weighted by Crippen LogP contribution is 2.24. The molecule has 4 heterocycles. The summed E-state index contributed by atoms with van der Waals surface area (Å²) in [5.74, 6) is 2.74. The van der Waals surface area contributed by atoms with Crippen molar-refractivity contribution in [2.24, 2.45) is 11.8 Å². The van der Waals surface area contributed by atoms with Crippen LogP contribution in [0.5, 0.6) is 0 Å². The minimum atomic E-state index is 0.144. The van der Waals surface area contributed by atoms with E-state index < -0.39 is 0 Å². The van der Waals surface area contributed by atoms with E-state index in [1.165, 1.54) is 45.3 Å². The molecule has 0 unspecified atom stereocenters. The van der Waals surface area contributed by atoms with E-state index in [-0.39, 0.29) is 5.91 Å². The SMILES string of the molecule is CC1CCN(C(=O)c2ccc(N3CCC(CN4CCCC4)CC3)nc2)CC1. The topological polar surface area (TPSA) is 39.7 Å². The molecule has 0 atom stereocenters. The molecule has 148 valence electrons. The summed E-state index contributed by atoms with van der Waals surface area (Å²) in [6, 6.07) is 4.01. The molecule has 0 radical (unpaired) electrons. The summed E-state index contributed by atoms with van der Waals surface area (Å²) >= 11 is 0. The van der Waals surface area contributed by atoms with Gasteiger partial charge in [0.1, 0.15) is 5.82 Å². The van der Waals surface area contributed by atoms with E-state index in [2.05, 4.69) is 21.7 Å². The third kappa shape index (κ3) is 4.63. The number of aromatic nitrogens is 1. The molecule has 3 fully saturated rings. The van der Waals surface area contributed by atoms with Crippen LogP contribution in [0.1, 0.15) is 55.8 Å². The number of amides is 1. The lowest BCUT2D eigenvalue weighted by Crippen LogP contribution is -2.39. The van der Waals surface area contributed by atoms with Crippen LogP contribution in [0.25, 0.3) is 0 Å². The highest BCUT2D eigenvalue weighted by Gasteiger charge is 2.24. The van der Waals surface area contributed by atoms with E-state index in [4.69, 9.17) is 0 Å². The number of nitrogens with zero attached hydrogens (tertiary/aromatic N) is 4. The predicted molar refractivity (Wildman–Crippen MR) is 109 cm³/mol. The second kappa shape index (κ2) is 8.59. The van der Waals surface area contributed by atoms with E-state index in [0.29, 0.717) is 0 Å². The molecule has 0 aromatic carbocycles. The first-order chi connectivity index (χ1) is 13.2. The van der Waals surface area contributed by atoms with Gasteiger partial charge in [0.25, 0.3) is 5.91 Å². The van der Waals surface area contributed by atoms with Gasteiger partial charge in [-0.2, -0.15) is 0 Å². The van der Waals surface area contributed by atoms with Gasteiger partial charge < -0.3 is 14.7 Å². The van der Waals surface area contributed by atoms with Crippen LogP contribution in [-0.4, -0.2) is 66.5 Å². The molecule has 5 heteroatoms. The Morgan fingerprint density at radius 3 is 2.33 bits per heavy atom. The molecule has 27 heavy (non-hydrogen) atoms. The number of piperidine rings is 2. The number of hydrogen-bond acceptors (Lipinski definition) is 4. The van der Waals surface area contributed by atoms with Crippen molar-refractivity contribution < 1.29 is 4.79 Å². The lowest BCUT2D eigenvalue weighted by atomic mass is 9.96. The second-order valence-electron chi connectivity index (χ2n) is 8.82. The summed E-state index contributed by atoms with van der Waals surface area (Å²) in [6.07, 6.45) is 9.28. The molecular weight excluding hydrogens is 336 g/mol. The van der Waals surface area contributed by atoms with E-state index >= 15 is 0 Å². The van der Waals surface area contributed by atoms with Gasteiger partial charge >= 0.3 is 0 Å². The summed E-state index contributed by atoms with van der Waals surface area (Å²) in [5, 5.41) is 0. The van der Waals surface area contributed by atoms with Crippen molar-refractivity contribution in [2.45, 2.75) is 45.4 Å². The number of pyridine rings is 1. The Bertz CT molecular complexity index is 610. The van der Waals surface area contributed by atoms with E-state index in [1.54, 1.807) is 6.20 Å². The van der Waals surface area contributed by atoms with Gasteiger partial charge in [0.15, 0.2) is 0 Å². The zero-order chi connectivity index (χ0) is 18.6. The Morgan fingerprint density at radius 1 is 1.00 bits per heavy atom. The van der Waals surface area contributed by atoms with Crippen molar-refractivity contribution in [3.05, 3.63) is 23.9 Å². The molecule has 1 amide bonds. The van der Waals surface area contributed by atoms with Crippen molar-refractivity contribution in [1.82, 2.24) is 14.8 Å². The van der Waals surface area contributed by atoms with Gasteiger partial charge in [-0.15, -0.1) is 0 Å². The molecule has 1 aromatic rings. The summed E-state index contributed by atoms with van der Waals surface area (Å²) < 4.78 is 0. The van der Waals surface area contributed by atoms with Gasteiger partial charge in [-0.05, 0) is 75.6 Å². The molecule has 4 rings (SSSR count). The van der Waals surface area contributed by atoms with Crippen LogP contribution >= 0.6 is 0 Å². The van der Waals surface area contributed by atoms with Crippen LogP contribution < -0.4 is 4.90 Å². The maximum absolute atomic E-state index is 12.7. The molecule has 5 nitrogen and oxygen atoms in total. The first kappa shape index (κ1) is 18.7. The monoisotopic (exact) mass is 370 g/mol. The fourth-order valence-electron chi connectivity index (χ4n) is 4.77. The Kier molecular flexibility index (Phi) is 5.96. The van der Waals surface area contributed by atoms with Gasteiger partial charge in [0.05, 0.1) is 5.56 Å². The Hall–Kier alpha value is -1.62. The van der Waals surface area contributed by atoms with Crippen molar-refractivity contribution in [2.75, 3.05) is 50.7 Å². The average molecular weight is 371 g/mol. The molecule has 3 aliphatic rings. The molecule has 0 aliphatic carbocycles. The van der Waals surface area contributed by atoms with Crippen molar-refractivity contribution >= 4 is 11.7 Å². The molecule has 3 aliphatic heterocycles. The lowest BCUT2D eigenvalue weighted by Gasteiger charge is -2.34. The third-order valence-electron chi connectivity index (χ3n) is 6.72. The average Bonchev–Trinajstić information content (AvgIpc) is 3.22. The van der Waals surface area contributed by atoms with Gasteiger partial charge in [-0.1, -0.05) is 6.92 Å². The number of likely N-dealkylation sites (tertiary alicyclic amines) is 2. The van der Waals surface area contributed by atoms with Crippen LogP contribution in [0.15, 0.2) is 18.3 Å². The molecule has 0 N–H and O–H groups in total. The van der Waals surface area contributed by atoms with Crippen LogP contribution in [0.2, 0.25) is 0 Å². The van der Waals surface area contributed by atoms with Gasteiger partial charge in [0.2, 0.25) is 0 Å². The normalized spacial score (nSPS) is 23.1. The second-order valence-corrected chi connectivity index (χ2v) is 8.82. The van der Waals surface area contributed by atoms with E-state index in [9.17, 15) is 4.79 Å². The lowest BCUT2D eigenvalue weighted by molar-refractivity contribution is 0.0697. The highest BCUT2D eigenvalue weighted by molar-refractivity contribution is 5.94. The van der Waals surface area contributed by atoms with Gasteiger partial charge in [0, 0.05) is 38.9 Å². The number of rotatable bonds is 4. The predicted octanol–water partition coefficient (Wildman–Crippen LogP) is 3.27. The van der Waals surface area contributed by atoms with Crippen LogP contribution in [-0.2, 0) is 0 Å². The van der Waals surface area contributed by atoms with Gasteiger partial charge in [-0.25, -0.2) is 4.98 Å². The Labute approximate surface area is 163 Å². The smallest absolute Gasteiger partial charge is 0.255 e. The van der Waals surface area contributed by atoms with Crippen LogP contribution in [0, 0.1) is 11.8 Å². The number of hydrogen-bond donors (Lipinski definition) is 0. The summed E-state index contributed by atoms with van der Waals surface area (Å²) in [7, 11) is 0.